The molecule has 2 aliphatic heterocycles. The molecule has 0 bridgehead atoms. The van der Waals surface area contributed by atoms with Crippen molar-refractivity contribution in [3.8, 4) is 0 Å². The normalized spacial score (nSPS) is 25.6. The van der Waals surface area contributed by atoms with Gasteiger partial charge in [0.2, 0.25) is 5.91 Å². The molecular weight excluding hydrogens is 398 g/mol. The van der Waals surface area contributed by atoms with Gasteiger partial charge in [-0.25, -0.2) is 8.42 Å². The Labute approximate surface area is 181 Å². The Bertz CT molecular complexity index is 843. The lowest BCUT2D eigenvalue weighted by Crippen LogP contribution is -2.53. The molecule has 2 saturated heterocycles. The number of nitrogens with zero attached hydrogens (tertiary/aromatic N) is 3. The van der Waals surface area contributed by atoms with Gasteiger partial charge in [-0.1, -0.05) is 37.1 Å². The van der Waals surface area contributed by atoms with E-state index in [9.17, 15) is 13.2 Å². The first kappa shape index (κ1) is 21.8. The molecule has 3 aliphatic rings. The van der Waals surface area contributed by atoms with Gasteiger partial charge < -0.3 is 4.90 Å². The summed E-state index contributed by atoms with van der Waals surface area (Å²) < 4.78 is 24.1. The summed E-state index contributed by atoms with van der Waals surface area (Å²) in [6.45, 7) is 7.24. The second-order valence-corrected chi connectivity index (χ2v) is 11.5. The number of sulfone groups is 1. The first-order valence-electron chi connectivity index (χ1n) is 11.4. The second kappa shape index (κ2) is 9.37. The van der Waals surface area contributed by atoms with E-state index in [0.717, 1.165) is 58.4 Å². The van der Waals surface area contributed by atoms with Crippen LogP contribution in [-0.4, -0.2) is 85.3 Å². The maximum atomic E-state index is 13.3. The predicted molar refractivity (Wildman–Crippen MR) is 119 cm³/mol. The summed E-state index contributed by atoms with van der Waals surface area (Å²) >= 11 is 0. The number of aryl methyl sites for hydroxylation is 1. The molecular formula is C23H35N3O3S. The molecule has 0 radical (unpaired) electrons. The fourth-order valence-electron chi connectivity index (χ4n) is 5.29. The molecule has 6 nitrogen and oxygen atoms in total. The smallest absolute Gasteiger partial charge is 0.237 e. The third-order valence-corrected chi connectivity index (χ3v) is 8.84. The number of carbonyl (C=O) groups is 1. The molecule has 2 heterocycles. The van der Waals surface area contributed by atoms with Crippen LogP contribution in [0.3, 0.4) is 0 Å². The van der Waals surface area contributed by atoms with Crippen molar-refractivity contribution in [1.29, 1.82) is 0 Å². The van der Waals surface area contributed by atoms with E-state index in [1.807, 2.05) is 4.90 Å². The van der Waals surface area contributed by atoms with E-state index in [-0.39, 0.29) is 29.5 Å². The molecule has 1 aromatic carbocycles. The Kier molecular flexibility index (Phi) is 6.80. The van der Waals surface area contributed by atoms with Crippen LogP contribution in [0, 0.1) is 6.92 Å². The van der Waals surface area contributed by atoms with Gasteiger partial charge in [0.1, 0.15) is 0 Å². The molecule has 166 valence electrons. The third kappa shape index (κ3) is 5.24. The van der Waals surface area contributed by atoms with Crippen LogP contribution in [0.5, 0.6) is 0 Å². The number of amides is 1. The van der Waals surface area contributed by atoms with E-state index >= 15 is 0 Å². The largest absolute Gasteiger partial charge is 0.335 e. The fraction of sp³-hybridized carbons (Fsp3) is 0.696. The quantitative estimate of drug-likeness (QED) is 0.687. The molecule has 30 heavy (non-hydrogen) atoms. The second-order valence-electron chi connectivity index (χ2n) is 9.27. The summed E-state index contributed by atoms with van der Waals surface area (Å²) in [6, 6.07) is 8.64. The first-order valence-corrected chi connectivity index (χ1v) is 13.2. The summed E-state index contributed by atoms with van der Waals surface area (Å²) in [5, 5.41) is 0. The van der Waals surface area contributed by atoms with Crippen LogP contribution in [0.2, 0.25) is 0 Å². The highest BCUT2D eigenvalue weighted by molar-refractivity contribution is 7.91. The van der Waals surface area contributed by atoms with Gasteiger partial charge >= 0.3 is 0 Å². The Morgan fingerprint density at radius 1 is 1.00 bits per heavy atom. The van der Waals surface area contributed by atoms with E-state index in [1.54, 1.807) is 0 Å². The van der Waals surface area contributed by atoms with Crippen molar-refractivity contribution in [2.75, 3.05) is 44.2 Å². The zero-order valence-electron chi connectivity index (χ0n) is 18.1. The van der Waals surface area contributed by atoms with Crippen LogP contribution in [-0.2, 0) is 21.2 Å². The SMILES string of the molecule is Cc1ccccc1CN1CCN(CC(=O)N(C2CCCC2)[C@@H]2CCS(=O)(=O)C2)CC1. The zero-order valence-corrected chi connectivity index (χ0v) is 18.9. The van der Waals surface area contributed by atoms with Crippen LogP contribution in [0.4, 0.5) is 0 Å². The number of piperazine rings is 1. The van der Waals surface area contributed by atoms with Crippen molar-refractivity contribution in [2.45, 2.75) is 57.7 Å². The van der Waals surface area contributed by atoms with Gasteiger partial charge in [-0.3, -0.25) is 14.6 Å². The molecule has 1 saturated carbocycles. The number of hydrogen-bond donors (Lipinski definition) is 0. The minimum absolute atomic E-state index is 0.118. The summed E-state index contributed by atoms with van der Waals surface area (Å²) in [4.78, 5) is 20.0. The third-order valence-electron chi connectivity index (χ3n) is 7.09. The lowest BCUT2D eigenvalue weighted by molar-refractivity contribution is -0.137. The number of hydrogen-bond acceptors (Lipinski definition) is 5. The molecule has 0 aromatic heterocycles. The first-order chi connectivity index (χ1) is 14.4. The molecule has 7 heteroatoms. The Hall–Kier alpha value is -1.44. The minimum atomic E-state index is -2.99. The molecule has 1 atom stereocenters. The standard InChI is InChI=1S/C23H35N3O3S/c1-19-6-2-3-7-20(19)16-24-11-13-25(14-12-24)17-23(27)26(21-8-4-5-9-21)22-10-15-30(28,29)18-22/h2-3,6-7,21-22H,4-5,8-18H2,1H3/t22-/m1/s1. The molecule has 1 amide bonds. The summed E-state index contributed by atoms with van der Waals surface area (Å²) in [6.07, 6.45) is 4.94. The van der Waals surface area contributed by atoms with Gasteiger partial charge in [0.15, 0.2) is 9.84 Å². The fourth-order valence-corrected chi connectivity index (χ4v) is 7.00. The van der Waals surface area contributed by atoms with Crippen molar-refractivity contribution in [2.24, 2.45) is 0 Å². The maximum absolute atomic E-state index is 13.3. The number of carbonyl (C=O) groups excluding carboxylic acids is 1. The highest BCUT2D eigenvalue weighted by Crippen LogP contribution is 2.29. The highest BCUT2D eigenvalue weighted by Gasteiger charge is 2.39. The Balaban J connectivity index is 1.33. The van der Waals surface area contributed by atoms with Crippen molar-refractivity contribution in [1.82, 2.24) is 14.7 Å². The van der Waals surface area contributed by atoms with Crippen molar-refractivity contribution >= 4 is 15.7 Å². The summed E-state index contributed by atoms with van der Waals surface area (Å²) in [5.74, 6) is 0.516. The van der Waals surface area contributed by atoms with Crippen molar-refractivity contribution in [3.05, 3.63) is 35.4 Å². The van der Waals surface area contributed by atoms with Gasteiger partial charge in [-0.2, -0.15) is 0 Å². The van der Waals surface area contributed by atoms with E-state index in [1.165, 1.54) is 11.1 Å². The van der Waals surface area contributed by atoms with Crippen LogP contribution < -0.4 is 0 Å². The summed E-state index contributed by atoms with van der Waals surface area (Å²) in [7, 11) is -2.99. The molecule has 0 N–H and O–H groups in total. The molecule has 0 spiro atoms. The number of benzene rings is 1. The monoisotopic (exact) mass is 433 g/mol. The van der Waals surface area contributed by atoms with Crippen LogP contribution in [0.15, 0.2) is 24.3 Å². The van der Waals surface area contributed by atoms with Gasteiger partial charge in [-0.15, -0.1) is 0 Å². The minimum Gasteiger partial charge on any atom is -0.335 e. The van der Waals surface area contributed by atoms with E-state index in [2.05, 4.69) is 41.0 Å². The van der Waals surface area contributed by atoms with E-state index in [4.69, 9.17) is 0 Å². The number of rotatable bonds is 6. The van der Waals surface area contributed by atoms with E-state index in [0.29, 0.717) is 13.0 Å². The predicted octanol–water partition coefficient (Wildman–Crippen LogP) is 2.07. The molecule has 0 unspecified atom stereocenters. The van der Waals surface area contributed by atoms with Gasteiger partial charge in [0, 0.05) is 44.8 Å². The lowest BCUT2D eigenvalue weighted by atomic mass is 10.1. The van der Waals surface area contributed by atoms with Crippen LogP contribution in [0.25, 0.3) is 0 Å². The average molecular weight is 434 g/mol. The molecule has 1 aliphatic carbocycles. The van der Waals surface area contributed by atoms with Gasteiger partial charge in [0.05, 0.1) is 18.1 Å². The van der Waals surface area contributed by atoms with Gasteiger partial charge in [0.25, 0.3) is 0 Å². The maximum Gasteiger partial charge on any atom is 0.237 e. The van der Waals surface area contributed by atoms with Gasteiger partial charge in [-0.05, 0) is 37.3 Å². The molecule has 3 fully saturated rings. The van der Waals surface area contributed by atoms with Crippen molar-refractivity contribution in [3.63, 3.8) is 0 Å². The highest BCUT2D eigenvalue weighted by atomic mass is 32.2. The molecule has 4 rings (SSSR count). The van der Waals surface area contributed by atoms with Crippen LogP contribution >= 0.6 is 0 Å². The Morgan fingerprint density at radius 3 is 2.30 bits per heavy atom. The van der Waals surface area contributed by atoms with Crippen molar-refractivity contribution < 1.29 is 13.2 Å². The topological polar surface area (TPSA) is 60.9 Å². The average Bonchev–Trinajstić information content (AvgIpc) is 3.35. The Morgan fingerprint density at radius 2 is 1.67 bits per heavy atom. The molecule has 1 aromatic rings. The lowest BCUT2D eigenvalue weighted by Gasteiger charge is -2.38. The zero-order chi connectivity index (χ0) is 21.1. The van der Waals surface area contributed by atoms with E-state index < -0.39 is 9.84 Å². The summed E-state index contributed by atoms with van der Waals surface area (Å²) in [5.41, 5.74) is 2.70. The van der Waals surface area contributed by atoms with Crippen LogP contribution in [0.1, 0.15) is 43.2 Å².